The zero-order chi connectivity index (χ0) is 27.1. The highest BCUT2D eigenvalue weighted by Crippen LogP contribution is 2.19. The smallest absolute Gasteiger partial charge is 0.267 e. The molecule has 0 aliphatic carbocycles. The lowest BCUT2D eigenvalue weighted by molar-refractivity contribution is 0.0753. The molecule has 194 valence electrons. The number of nitrogen functional groups attached to an aromatic ring is 2. The van der Waals surface area contributed by atoms with Crippen LogP contribution in [0.15, 0.2) is 40.4 Å². The first kappa shape index (κ1) is 29.8. The maximum Gasteiger partial charge on any atom is 0.267 e. The van der Waals surface area contributed by atoms with Crippen LogP contribution in [0.25, 0.3) is 11.2 Å². The second-order valence-corrected chi connectivity index (χ2v) is 7.53. The maximum atomic E-state index is 12.4. The number of unbranched alkanes of at least 4 members (excludes halogenated alkanes) is 1. The number of rotatable bonds is 8. The molecule has 36 heavy (non-hydrogen) atoms. The van der Waals surface area contributed by atoms with Gasteiger partial charge in [0.05, 0.1) is 18.4 Å². The van der Waals surface area contributed by atoms with Crippen LogP contribution in [0.3, 0.4) is 0 Å². The Balaban J connectivity index is 0.000000982. The van der Waals surface area contributed by atoms with Crippen molar-refractivity contribution in [3.8, 4) is 0 Å². The molecule has 8 N–H and O–H groups in total. The van der Waals surface area contributed by atoms with Gasteiger partial charge in [-0.15, -0.1) is 0 Å². The summed E-state index contributed by atoms with van der Waals surface area (Å²) >= 11 is 0. The summed E-state index contributed by atoms with van der Waals surface area (Å²) in [5.74, 6) is 5.87. The van der Waals surface area contributed by atoms with Gasteiger partial charge in [-0.25, -0.2) is 15.8 Å². The van der Waals surface area contributed by atoms with E-state index in [4.69, 9.17) is 23.0 Å². The lowest BCUT2D eigenvalue weighted by Crippen LogP contribution is -2.38. The van der Waals surface area contributed by atoms with E-state index in [0.29, 0.717) is 42.1 Å². The number of benzene rings is 1. The summed E-state index contributed by atoms with van der Waals surface area (Å²) < 4.78 is 0. The van der Waals surface area contributed by atoms with Crippen molar-refractivity contribution in [3.05, 3.63) is 41.7 Å². The molecule has 3 rings (SSSR count). The van der Waals surface area contributed by atoms with E-state index in [-0.39, 0.29) is 17.7 Å². The van der Waals surface area contributed by atoms with E-state index >= 15 is 0 Å². The monoisotopic (exact) mass is 496 g/mol. The first-order chi connectivity index (χ1) is 17.2. The van der Waals surface area contributed by atoms with Gasteiger partial charge in [0.1, 0.15) is 0 Å². The fourth-order valence-electron chi connectivity index (χ4n) is 2.95. The molecule has 0 saturated heterocycles. The molecule has 0 aliphatic heterocycles. The molecule has 0 fully saturated rings. The Morgan fingerprint density at radius 1 is 1.03 bits per heavy atom. The van der Waals surface area contributed by atoms with Crippen molar-refractivity contribution >= 4 is 48.0 Å². The Morgan fingerprint density at radius 2 is 1.64 bits per heavy atom. The van der Waals surface area contributed by atoms with Crippen molar-refractivity contribution in [1.29, 1.82) is 0 Å². The van der Waals surface area contributed by atoms with E-state index in [0.717, 1.165) is 18.5 Å². The molecule has 13 nitrogen and oxygen atoms in total. The predicted octanol–water partition coefficient (Wildman–Crippen LogP) is 0.909. The van der Waals surface area contributed by atoms with E-state index in [1.54, 1.807) is 32.4 Å². The van der Waals surface area contributed by atoms with Crippen LogP contribution in [0.5, 0.6) is 0 Å². The number of aliphatic imine (C=N–C) groups is 2. The number of aromatic nitrogens is 4. The lowest BCUT2D eigenvalue weighted by atomic mass is 10.1. The fraction of sp³-hybridized carbons (Fsp3) is 0.348. The Morgan fingerprint density at radius 3 is 2.22 bits per heavy atom. The minimum absolute atomic E-state index is 0.0595. The Kier molecular flexibility index (Phi) is 12.9. The molecule has 0 saturated carbocycles. The number of anilines is 3. The van der Waals surface area contributed by atoms with Crippen LogP contribution in [0.1, 0.15) is 28.9 Å². The molecule has 0 aliphatic rings. The van der Waals surface area contributed by atoms with Crippen molar-refractivity contribution in [2.45, 2.75) is 19.4 Å². The number of carbonyl (C=O) groups is 1. The Labute approximate surface area is 211 Å². The Hall–Kier alpha value is -4.23. The van der Waals surface area contributed by atoms with Crippen LogP contribution in [0.2, 0.25) is 0 Å². The molecule has 0 radical (unpaired) electrons. The molecule has 0 spiro atoms. The third-order valence-electron chi connectivity index (χ3n) is 4.57. The molecule has 0 bridgehead atoms. The van der Waals surface area contributed by atoms with Crippen molar-refractivity contribution in [2.24, 2.45) is 21.6 Å². The van der Waals surface area contributed by atoms with Gasteiger partial charge in [0, 0.05) is 38.9 Å². The summed E-state index contributed by atoms with van der Waals surface area (Å²) in [6.45, 7) is 7.75. The molecule has 3 aromatic rings. The zero-order valence-corrected chi connectivity index (χ0v) is 21.1. The van der Waals surface area contributed by atoms with E-state index in [1.165, 1.54) is 5.01 Å². The molecule has 2 heterocycles. The predicted molar refractivity (Wildman–Crippen MR) is 147 cm³/mol. The molecular formula is C23H36N12O. The first-order valence-corrected chi connectivity index (χ1v) is 11.0. The summed E-state index contributed by atoms with van der Waals surface area (Å²) in [6.07, 6.45) is 3.22. The van der Waals surface area contributed by atoms with Crippen molar-refractivity contribution in [3.63, 3.8) is 0 Å². The van der Waals surface area contributed by atoms with Crippen LogP contribution in [0.4, 0.5) is 17.5 Å². The van der Waals surface area contributed by atoms with Gasteiger partial charge >= 0.3 is 0 Å². The van der Waals surface area contributed by atoms with E-state index in [2.05, 4.69) is 43.4 Å². The molecule has 0 unspecified atom stereocenters. The maximum absolute atomic E-state index is 12.4. The second-order valence-electron chi connectivity index (χ2n) is 7.53. The highest BCUT2D eigenvalue weighted by atomic mass is 16.2. The molecule has 13 heteroatoms. The largest absolute Gasteiger partial charge is 0.382 e. The highest BCUT2D eigenvalue weighted by molar-refractivity contribution is 5.94. The topological polar surface area (TPSA) is 204 Å². The minimum Gasteiger partial charge on any atom is -0.382 e. The van der Waals surface area contributed by atoms with Crippen molar-refractivity contribution in [1.82, 2.24) is 24.9 Å². The quantitative estimate of drug-likeness (QED) is 0.114. The number of fused-ring (bicyclic) bond motifs is 1. The molecule has 1 amide bonds. The summed E-state index contributed by atoms with van der Waals surface area (Å²) in [6, 6.07) is 7.20. The number of nitrogens with zero attached hydrogens (tertiary/aromatic N) is 8. The summed E-state index contributed by atoms with van der Waals surface area (Å²) in [7, 11) is 5.19. The zero-order valence-electron chi connectivity index (χ0n) is 21.1. The molecular weight excluding hydrogens is 460 g/mol. The summed E-state index contributed by atoms with van der Waals surface area (Å²) in [4.78, 5) is 37.6. The second kappa shape index (κ2) is 15.6. The summed E-state index contributed by atoms with van der Waals surface area (Å²) in [5.41, 5.74) is 19.8. The SMILES string of the molecule is C=NC.C=NC.CN(Cc1cnc2nc(N)nc(N)c2n1)c1ccc(C(=O)N(N)CCCCN)cc1. The van der Waals surface area contributed by atoms with E-state index < -0.39 is 0 Å². The van der Waals surface area contributed by atoms with Gasteiger partial charge in [-0.3, -0.25) is 9.80 Å². The number of hydrogen-bond donors (Lipinski definition) is 4. The number of hydrazine groups is 1. The van der Waals surface area contributed by atoms with Crippen molar-refractivity contribution < 1.29 is 4.79 Å². The average Bonchev–Trinajstić information content (AvgIpc) is 2.85. The van der Waals surface area contributed by atoms with Crippen LogP contribution in [-0.2, 0) is 6.54 Å². The molecule has 2 aromatic heterocycles. The van der Waals surface area contributed by atoms with Gasteiger partial charge in [-0.1, -0.05) is 0 Å². The van der Waals surface area contributed by atoms with Gasteiger partial charge in [-0.05, 0) is 57.1 Å². The van der Waals surface area contributed by atoms with Gasteiger partial charge in [-0.2, -0.15) is 9.97 Å². The van der Waals surface area contributed by atoms with Gasteiger partial charge in [0.15, 0.2) is 17.0 Å². The minimum atomic E-state index is -0.226. The third-order valence-corrected chi connectivity index (χ3v) is 4.57. The van der Waals surface area contributed by atoms with E-state index in [1.807, 2.05) is 24.1 Å². The fourth-order valence-corrected chi connectivity index (χ4v) is 2.95. The van der Waals surface area contributed by atoms with Gasteiger partial charge in [0.25, 0.3) is 5.91 Å². The van der Waals surface area contributed by atoms with Gasteiger partial charge < -0.3 is 32.1 Å². The Bertz CT molecular complexity index is 1110. The molecule has 1 aromatic carbocycles. The summed E-state index contributed by atoms with van der Waals surface area (Å²) in [5, 5.41) is 1.22. The van der Waals surface area contributed by atoms with Crippen LogP contribution in [-0.4, -0.2) is 78.5 Å². The number of amides is 1. The number of nitrogens with two attached hydrogens (primary N) is 4. The van der Waals surface area contributed by atoms with Crippen molar-refractivity contribution in [2.75, 3.05) is 50.6 Å². The van der Waals surface area contributed by atoms with E-state index in [9.17, 15) is 4.79 Å². The lowest BCUT2D eigenvalue weighted by Gasteiger charge is -2.20. The van der Waals surface area contributed by atoms with Gasteiger partial charge in [0.2, 0.25) is 5.95 Å². The average molecular weight is 497 g/mol. The van der Waals surface area contributed by atoms with Crippen LogP contribution < -0.4 is 27.9 Å². The highest BCUT2D eigenvalue weighted by Gasteiger charge is 2.13. The number of hydrogen-bond acceptors (Lipinski definition) is 12. The standard InChI is InChI=1S/C19H26N10O.2C2H5N/c1-28(11-13-10-24-17-15(25-13)16(21)26-19(22)27-17)14-6-4-12(5-7-14)18(30)29(23)9-3-2-8-20;2*1-3-2/h4-7,10H,2-3,8-9,11,20,23H2,1H3,(H4,21,22,24,26,27);2*1H2,2H3. The first-order valence-electron chi connectivity index (χ1n) is 11.0. The third kappa shape index (κ3) is 9.19. The number of carbonyl (C=O) groups excluding carboxylic acids is 1. The van der Waals surface area contributed by atoms with Crippen LogP contribution in [0, 0.1) is 0 Å². The van der Waals surface area contributed by atoms with Crippen LogP contribution >= 0.6 is 0 Å². The normalized spacial score (nSPS) is 9.81. The molecule has 0 atom stereocenters.